The Morgan fingerprint density at radius 1 is 1.26 bits per heavy atom. The van der Waals surface area contributed by atoms with Crippen molar-refractivity contribution in [2.75, 3.05) is 20.3 Å². The summed E-state index contributed by atoms with van der Waals surface area (Å²) in [6.45, 7) is 4.73. The van der Waals surface area contributed by atoms with Crippen LogP contribution in [0.1, 0.15) is 49.9 Å². The standard InChI is InChI=1S/C17H27N3O3/c1-12-15(19-23-18-12)10-20-8-7-17(21-2)6-5-14(9-16(17)20)22-11-13-3-4-13/h13-14,16H,3-11H2,1-2H3/t14-,16+,17-/m1/s1. The van der Waals surface area contributed by atoms with Gasteiger partial charge in [-0.3, -0.25) is 4.90 Å². The van der Waals surface area contributed by atoms with Crippen LogP contribution in [-0.2, 0) is 16.0 Å². The van der Waals surface area contributed by atoms with Crippen molar-refractivity contribution in [3.63, 3.8) is 0 Å². The zero-order valence-corrected chi connectivity index (χ0v) is 14.2. The van der Waals surface area contributed by atoms with E-state index in [1.54, 1.807) is 0 Å². The first-order valence-electron chi connectivity index (χ1n) is 8.89. The second kappa shape index (κ2) is 6.15. The minimum atomic E-state index is -0.00941. The smallest absolute Gasteiger partial charge is 0.122 e. The summed E-state index contributed by atoms with van der Waals surface area (Å²) in [6, 6.07) is 0.404. The zero-order chi connectivity index (χ0) is 15.9. The average molecular weight is 321 g/mol. The number of ether oxygens (including phenoxy) is 2. The van der Waals surface area contributed by atoms with Gasteiger partial charge in [-0.25, -0.2) is 4.63 Å². The highest BCUT2D eigenvalue weighted by molar-refractivity contribution is 5.10. The Morgan fingerprint density at radius 2 is 2.13 bits per heavy atom. The van der Waals surface area contributed by atoms with Gasteiger partial charge in [0.15, 0.2) is 0 Å². The van der Waals surface area contributed by atoms with Gasteiger partial charge in [0.25, 0.3) is 0 Å². The SMILES string of the molecule is CO[C@@]12CC[C@@H](OCC3CC3)C[C@@H]1N(Cc1nonc1C)CC2. The lowest BCUT2D eigenvalue weighted by Gasteiger charge is -2.43. The molecular weight excluding hydrogens is 294 g/mol. The Kier molecular flexibility index (Phi) is 4.15. The maximum atomic E-state index is 6.18. The van der Waals surface area contributed by atoms with Gasteiger partial charge in [0.05, 0.1) is 11.7 Å². The molecule has 1 aromatic rings. The molecule has 0 radical (unpaired) electrons. The summed E-state index contributed by atoms with van der Waals surface area (Å²) < 4.78 is 17.0. The quantitative estimate of drug-likeness (QED) is 0.801. The van der Waals surface area contributed by atoms with Crippen molar-refractivity contribution in [2.45, 2.75) is 69.7 Å². The molecule has 0 aromatic carbocycles. The van der Waals surface area contributed by atoms with Gasteiger partial charge in [0.2, 0.25) is 0 Å². The number of aryl methyl sites for hydroxylation is 1. The van der Waals surface area contributed by atoms with Gasteiger partial charge in [0.1, 0.15) is 11.4 Å². The van der Waals surface area contributed by atoms with Crippen LogP contribution in [0, 0.1) is 12.8 Å². The highest BCUT2D eigenvalue weighted by Crippen LogP contribution is 2.44. The normalized spacial score (nSPS) is 34.7. The van der Waals surface area contributed by atoms with Gasteiger partial charge >= 0.3 is 0 Å². The highest BCUT2D eigenvalue weighted by Gasteiger charge is 2.51. The van der Waals surface area contributed by atoms with Crippen LogP contribution in [0.3, 0.4) is 0 Å². The van der Waals surface area contributed by atoms with Crippen LogP contribution in [-0.4, -0.2) is 53.2 Å². The predicted molar refractivity (Wildman–Crippen MR) is 83.9 cm³/mol. The van der Waals surface area contributed by atoms with Crippen molar-refractivity contribution in [1.29, 1.82) is 0 Å². The van der Waals surface area contributed by atoms with E-state index in [1.165, 1.54) is 12.8 Å². The first-order valence-corrected chi connectivity index (χ1v) is 8.89. The van der Waals surface area contributed by atoms with Crippen LogP contribution in [0.25, 0.3) is 0 Å². The lowest BCUT2D eigenvalue weighted by Crippen LogP contribution is -2.51. The first-order chi connectivity index (χ1) is 11.2. The Bertz CT molecular complexity index is 545. The molecule has 0 bridgehead atoms. The van der Waals surface area contributed by atoms with Crippen molar-refractivity contribution in [1.82, 2.24) is 15.2 Å². The number of methoxy groups -OCH3 is 1. The van der Waals surface area contributed by atoms with Crippen LogP contribution in [0.5, 0.6) is 0 Å². The highest BCUT2D eigenvalue weighted by atomic mass is 16.6. The molecule has 0 spiro atoms. The van der Waals surface area contributed by atoms with Crippen LogP contribution in [0.2, 0.25) is 0 Å². The van der Waals surface area contributed by atoms with Crippen molar-refractivity contribution in [3.8, 4) is 0 Å². The summed E-state index contributed by atoms with van der Waals surface area (Å²) in [7, 11) is 1.87. The summed E-state index contributed by atoms with van der Waals surface area (Å²) in [5, 5.41) is 7.95. The second-order valence-corrected chi connectivity index (χ2v) is 7.47. The minimum Gasteiger partial charge on any atom is -0.378 e. The second-order valence-electron chi connectivity index (χ2n) is 7.47. The largest absolute Gasteiger partial charge is 0.378 e. The van der Waals surface area contributed by atoms with Crippen LogP contribution >= 0.6 is 0 Å². The van der Waals surface area contributed by atoms with E-state index in [2.05, 4.69) is 15.2 Å². The molecule has 2 aliphatic carbocycles. The molecule has 3 fully saturated rings. The number of rotatable bonds is 6. The van der Waals surface area contributed by atoms with Crippen LogP contribution in [0.15, 0.2) is 4.63 Å². The van der Waals surface area contributed by atoms with E-state index in [0.717, 1.165) is 62.7 Å². The molecular formula is C17H27N3O3. The molecule has 0 N–H and O–H groups in total. The molecule has 3 aliphatic rings. The van der Waals surface area contributed by atoms with E-state index < -0.39 is 0 Å². The number of aromatic nitrogens is 2. The Balaban J connectivity index is 1.44. The third-order valence-corrected chi connectivity index (χ3v) is 6.02. The Hall–Kier alpha value is -0.980. The molecule has 0 unspecified atom stereocenters. The van der Waals surface area contributed by atoms with Crippen LogP contribution < -0.4 is 0 Å². The lowest BCUT2D eigenvalue weighted by molar-refractivity contribution is -0.103. The third kappa shape index (κ3) is 3.04. The summed E-state index contributed by atoms with van der Waals surface area (Å²) in [5.41, 5.74) is 1.82. The van der Waals surface area contributed by atoms with Crippen molar-refractivity contribution in [2.24, 2.45) is 5.92 Å². The summed E-state index contributed by atoms with van der Waals surface area (Å²) in [5.74, 6) is 0.827. The number of likely N-dealkylation sites (tertiary alicyclic amines) is 1. The van der Waals surface area contributed by atoms with E-state index in [-0.39, 0.29) is 5.60 Å². The first kappa shape index (κ1) is 15.5. The van der Waals surface area contributed by atoms with Gasteiger partial charge in [-0.15, -0.1) is 0 Å². The molecule has 1 saturated heterocycles. The maximum absolute atomic E-state index is 6.18. The molecule has 3 atom stereocenters. The Morgan fingerprint density at radius 3 is 2.83 bits per heavy atom. The maximum Gasteiger partial charge on any atom is 0.122 e. The monoisotopic (exact) mass is 321 g/mol. The predicted octanol–water partition coefficient (Wildman–Crippen LogP) is 2.32. The van der Waals surface area contributed by atoms with E-state index in [9.17, 15) is 0 Å². The zero-order valence-electron chi connectivity index (χ0n) is 14.2. The number of nitrogens with zero attached hydrogens (tertiary/aromatic N) is 3. The third-order valence-electron chi connectivity index (χ3n) is 6.02. The summed E-state index contributed by atoms with van der Waals surface area (Å²) in [4.78, 5) is 2.49. The van der Waals surface area contributed by atoms with Gasteiger partial charge < -0.3 is 9.47 Å². The number of hydrogen-bond donors (Lipinski definition) is 0. The number of hydrogen-bond acceptors (Lipinski definition) is 6. The molecule has 6 nitrogen and oxygen atoms in total. The molecule has 2 saturated carbocycles. The molecule has 1 aromatic heterocycles. The van der Waals surface area contributed by atoms with Gasteiger partial charge in [-0.05, 0) is 51.4 Å². The molecule has 6 heteroatoms. The van der Waals surface area contributed by atoms with E-state index >= 15 is 0 Å². The van der Waals surface area contributed by atoms with Gasteiger partial charge in [0, 0.05) is 32.8 Å². The molecule has 4 rings (SSSR count). The van der Waals surface area contributed by atoms with Crippen LogP contribution in [0.4, 0.5) is 0 Å². The molecule has 2 heterocycles. The molecule has 128 valence electrons. The molecule has 23 heavy (non-hydrogen) atoms. The lowest BCUT2D eigenvalue weighted by atomic mass is 9.79. The van der Waals surface area contributed by atoms with Crippen molar-refractivity contribution < 1.29 is 14.1 Å². The van der Waals surface area contributed by atoms with E-state index in [0.29, 0.717) is 12.1 Å². The van der Waals surface area contributed by atoms with Crippen molar-refractivity contribution in [3.05, 3.63) is 11.4 Å². The Labute approximate surface area is 137 Å². The van der Waals surface area contributed by atoms with E-state index in [4.69, 9.17) is 14.1 Å². The molecule has 1 aliphatic heterocycles. The fourth-order valence-electron chi connectivity index (χ4n) is 4.24. The van der Waals surface area contributed by atoms with Gasteiger partial charge in [-0.1, -0.05) is 10.3 Å². The minimum absolute atomic E-state index is 0.00941. The van der Waals surface area contributed by atoms with Crippen molar-refractivity contribution >= 4 is 0 Å². The summed E-state index contributed by atoms with van der Waals surface area (Å²) >= 11 is 0. The van der Waals surface area contributed by atoms with Gasteiger partial charge in [-0.2, -0.15) is 0 Å². The summed E-state index contributed by atoms with van der Waals surface area (Å²) in [6.07, 6.45) is 7.44. The fourth-order valence-corrected chi connectivity index (χ4v) is 4.24. The topological polar surface area (TPSA) is 60.6 Å². The fraction of sp³-hybridized carbons (Fsp3) is 0.882. The average Bonchev–Trinajstić information content (AvgIpc) is 3.22. The number of fused-ring (bicyclic) bond motifs is 1. The van der Waals surface area contributed by atoms with E-state index in [1.807, 2.05) is 14.0 Å². The molecule has 0 amide bonds.